The maximum absolute atomic E-state index is 12.4. The predicted octanol–water partition coefficient (Wildman–Crippen LogP) is 1.53. The van der Waals surface area contributed by atoms with Crippen LogP contribution in [0.3, 0.4) is 0 Å². The van der Waals surface area contributed by atoms with E-state index in [9.17, 15) is 19.2 Å². The lowest BCUT2D eigenvalue weighted by Crippen LogP contribution is -2.39. The quantitative estimate of drug-likeness (QED) is 0.408. The lowest BCUT2D eigenvalue weighted by molar-refractivity contribution is -0.158. The number of anilines is 1. The minimum Gasteiger partial charge on any atom is -0.493 e. The maximum Gasteiger partial charge on any atom is 0.326 e. The molecule has 9 nitrogen and oxygen atoms in total. The van der Waals surface area contributed by atoms with Crippen LogP contribution in [0.4, 0.5) is 5.69 Å². The first-order valence-corrected chi connectivity index (χ1v) is 9.58. The van der Waals surface area contributed by atoms with E-state index in [2.05, 4.69) is 5.32 Å². The number of amides is 3. The van der Waals surface area contributed by atoms with E-state index in [1.54, 1.807) is 18.2 Å². The molecule has 9 heteroatoms. The van der Waals surface area contributed by atoms with E-state index in [-0.39, 0.29) is 11.8 Å². The number of carbonyl (C=O) groups is 4. The zero-order valence-electron chi connectivity index (χ0n) is 17.0. The standard InChI is InChI=1S/C21H24N2O7/c1-12(19(25)22-13-8-9-16(28-2)17(10-13)29-3)30-18(24)11-23-20(26)14-6-4-5-7-15(14)21(23)27/h4-5,8-10,12,14-15H,6-7,11H2,1-3H3,(H,22,25)/t12-,14-,15-/m0/s1. The van der Waals surface area contributed by atoms with Gasteiger partial charge >= 0.3 is 5.97 Å². The van der Waals surface area contributed by atoms with Crippen LogP contribution in [-0.4, -0.2) is 55.5 Å². The first-order chi connectivity index (χ1) is 14.3. The average molecular weight is 416 g/mol. The van der Waals surface area contributed by atoms with Gasteiger partial charge in [-0.15, -0.1) is 0 Å². The second-order valence-corrected chi connectivity index (χ2v) is 7.11. The highest BCUT2D eigenvalue weighted by molar-refractivity contribution is 6.07. The fourth-order valence-electron chi connectivity index (χ4n) is 3.60. The van der Waals surface area contributed by atoms with Crippen molar-refractivity contribution in [1.29, 1.82) is 0 Å². The van der Waals surface area contributed by atoms with E-state index in [1.165, 1.54) is 21.1 Å². The number of benzene rings is 1. The number of methoxy groups -OCH3 is 2. The van der Waals surface area contributed by atoms with Gasteiger partial charge in [-0.2, -0.15) is 0 Å². The van der Waals surface area contributed by atoms with Crippen molar-refractivity contribution in [3.8, 4) is 11.5 Å². The van der Waals surface area contributed by atoms with Crippen molar-refractivity contribution < 1.29 is 33.4 Å². The van der Waals surface area contributed by atoms with Crippen molar-refractivity contribution in [2.24, 2.45) is 11.8 Å². The predicted molar refractivity (Wildman–Crippen MR) is 106 cm³/mol. The van der Waals surface area contributed by atoms with Gasteiger partial charge in [-0.3, -0.25) is 24.1 Å². The zero-order valence-corrected chi connectivity index (χ0v) is 17.0. The number of hydrogen-bond acceptors (Lipinski definition) is 7. The third kappa shape index (κ3) is 4.29. The summed E-state index contributed by atoms with van der Waals surface area (Å²) in [7, 11) is 2.97. The van der Waals surface area contributed by atoms with Crippen molar-refractivity contribution in [2.75, 3.05) is 26.1 Å². The van der Waals surface area contributed by atoms with E-state index in [0.717, 1.165) is 4.90 Å². The Kier molecular flexibility index (Phi) is 6.39. The SMILES string of the molecule is COc1ccc(NC(=O)[C@H](C)OC(=O)CN2C(=O)[C@H]3CC=CC[C@@H]3C2=O)cc1OC. The van der Waals surface area contributed by atoms with Gasteiger partial charge < -0.3 is 19.5 Å². The Bertz CT molecular complexity index is 869. The van der Waals surface area contributed by atoms with Crippen molar-refractivity contribution >= 4 is 29.4 Å². The second kappa shape index (κ2) is 8.98. The highest BCUT2D eigenvalue weighted by Crippen LogP contribution is 2.35. The van der Waals surface area contributed by atoms with Gasteiger partial charge in [0, 0.05) is 11.8 Å². The largest absolute Gasteiger partial charge is 0.493 e. The van der Waals surface area contributed by atoms with Crippen molar-refractivity contribution in [1.82, 2.24) is 4.90 Å². The minimum absolute atomic E-state index is 0.367. The molecule has 1 aliphatic carbocycles. The molecule has 160 valence electrons. The molecule has 3 rings (SSSR count). The van der Waals surface area contributed by atoms with Crippen molar-refractivity contribution in [3.63, 3.8) is 0 Å². The molecule has 0 bridgehead atoms. The third-order valence-corrected chi connectivity index (χ3v) is 5.21. The lowest BCUT2D eigenvalue weighted by atomic mass is 9.85. The molecular formula is C21H24N2O7. The molecule has 3 atom stereocenters. The van der Waals surface area contributed by atoms with Crippen LogP contribution in [0.2, 0.25) is 0 Å². The van der Waals surface area contributed by atoms with Gasteiger partial charge in [0.25, 0.3) is 5.91 Å². The Hall–Kier alpha value is -3.36. The van der Waals surface area contributed by atoms with Crippen LogP contribution in [0, 0.1) is 11.8 Å². The molecule has 1 aromatic carbocycles. The lowest BCUT2D eigenvalue weighted by Gasteiger charge is -2.17. The first-order valence-electron chi connectivity index (χ1n) is 9.58. The fraction of sp³-hybridized carbons (Fsp3) is 0.429. The number of allylic oxidation sites excluding steroid dienone is 2. The van der Waals surface area contributed by atoms with Crippen LogP contribution in [0.5, 0.6) is 11.5 Å². The molecule has 1 N–H and O–H groups in total. The fourth-order valence-corrected chi connectivity index (χ4v) is 3.60. The van der Waals surface area contributed by atoms with Gasteiger partial charge in [0.15, 0.2) is 17.6 Å². The molecule has 0 spiro atoms. The highest BCUT2D eigenvalue weighted by atomic mass is 16.5. The maximum atomic E-state index is 12.4. The Morgan fingerprint density at radius 3 is 2.23 bits per heavy atom. The van der Waals surface area contributed by atoms with Crippen LogP contribution < -0.4 is 14.8 Å². The minimum atomic E-state index is -1.12. The van der Waals surface area contributed by atoms with Gasteiger partial charge in [0.05, 0.1) is 26.1 Å². The van der Waals surface area contributed by atoms with Crippen molar-refractivity contribution in [2.45, 2.75) is 25.9 Å². The highest BCUT2D eigenvalue weighted by Gasteiger charge is 2.47. The van der Waals surface area contributed by atoms with E-state index in [1.807, 2.05) is 12.2 Å². The van der Waals surface area contributed by atoms with E-state index >= 15 is 0 Å². The average Bonchev–Trinajstić information content (AvgIpc) is 2.98. The Labute approximate surface area is 174 Å². The second-order valence-electron chi connectivity index (χ2n) is 7.11. The molecular weight excluding hydrogens is 392 g/mol. The van der Waals surface area contributed by atoms with E-state index in [4.69, 9.17) is 14.2 Å². The molecule has 0 saturated carbocycles. The number of carbonyl (C=O) groups excluding carboxylic acids is 4. The van der Waals surface area contributed by atoms with Gasteiger partial charge in [0.2, 0.25) is 11.8 Å². The van der Waals surface area contributed by atoms with Gasteiger partial charge in [-0.05, 0) is 31.9 Å². The molecule has 1 fully saturated rings. The molecule has 0 radical (unpaired) electrons. The van der Waals surface area contributed by atoms with Crippen LogP contribution in [-0.2, 0) is 23.9 Å². The summed E-state index contributed by atoms with van der Waals surface area (Å²) in [6.07, 6.45) is 3.60. The number of fused-ring (bicyclic) bond motifs is 1. The molecule has 1 aliphatic heterocycles. The van der Waals surface area contributed by atoms with Crippen LogP contribution in [0.15, 0.2) is 30.4 Å². The normalized spacial score (nSPS) is 21.1. The molecule has 30 heavy (non-hydrogen) atoms. The molecule has 1 saturated heterocycles. The molecule has 3 amide bonds. The molecule has 1 aromatic rings. The van der Waals surface area contributed by atoms with Crippen molar-refractivity contribution in [3.05, 3.63) is 30.4 Å². The summed E-state index contributed by atoms with van der Waals surface area (Å²) in [4.78, 5) is 50.4. The van der Waals surface area contributed by atoms with E-state index < -0.39 is 36.4 Å². The number of esters is 1. The number of ether oxygens (including phenoxy) is 3. The van der Waals surface area contributed by atoms with E-state index in [0.29, 0.717) is 30.0 Å². The zero-order chi connectivity index (χ0) is 21.8. The topological polar surface area (TPSA) is 111 Å². The van der Waals surface area contributed by atoms with Crippen LogP contribution in [0.25, 0.3) is 0 Å². The third-order valence-electron chi connectivity index (χ3n) is 5.21. The summed E-state index contributed by atoms with van der Waals surface area (Å²) in [5.74, 6) is -2.01. The Morgan fingerprint density at radius 1 is 1.07 bits per heavy atom. The number of rotatable bonds is 7. The summed E-state index contributed by atoms with van der Waals surface area (Å²) in [5.41, 5.74) is 0.432. The Morgan fingerprint density at radius 2 is 1.67 bits per heavy atom. The number of nitrogens with zero attached hydrogens (tertiary/aromatic N) is 1. The number of imide groups is 1. The van der Waals surface area contributed by atoms with Crippen LogP contribution in [0.1, 0.15) is 19.8 Å². The molecule has 0 aromatic heterocycles. The van der Waals surface area contributed by atoms with Gasteiger partial charge in [-0.25, -0.2) is 0 Å². The van der Waals surface area contributed by atoms with Gasteiger partial charge in [0.1, 0.15) is 6.54 Å². The summed E-state index contributed by atoms with van der Waals surface area (Å²) < 4.78 is 15.5. The molecule has 0 unspecified atom stereocenters. The summed E-state index contributed by atoms with van der Waals surface area (Å²) in [6, 6.07) is 4.82. The summed E-state index contributed by atoms with van der Waals surface area (Å²) in [6.45, 7) is 0.907. The smallest absolute Gasteiger partial charge is 0.326 e. The summed E-state index contributed by atoms with van der Waals surface area (Å²) in [5, 5.41) is 2.62. The first kappa shape index (κ1) is 21.4. The molecule has 2 aliphatic rings. The monoisotopic (exact) mass is 416 g/mol. The number of hydrogen-bond donors (Lipinski definition) is 1. The van der Waals surface area contributed by atoms with Gasteiger partial charge in [-0.1, -0.05) is 12.2 Å². The number of likely N-dealkylation sites (tertiary alicyclic amines) is 1. The Balaban J connectivity index is 1.56. The molecule has 1 heterocycles. The number of nitrogens with one attached hydrogen (secondary N) is 1. The summed E-state index contributed by atoms with van der Waals surface area (Å²) >= 11 is 0. The van der Waals surface area contributed by atoms with Crippen LogP contribution >= 0.6 is 0 Å².